The van der Waals surface area contributed by atoms with E-state index in [0.29, 0.717) is 0 Å². The minimum absolute atomic E-state index is 0.251. The topological polar surface area (TPSA) is 80.9 Å². The number of hydrogen-bond acceptors (Lipinski definition) is 4. The highest BCUT2D eigenvalue weighted by atomic mass is 16.3. The number of aliphatic hydroxyl groups is 4. The number of aliphatic hydroxyl groups excluding tert-OH is 4. The summed E-state index contributed by atoms with van der Waals surface area (Å²) in [4.78, 5) is 0. The monoisotopic (exact) mass is 162 g/mol. The zero-order chi connectivity index (χ0) is 8.48. The van der Waals surface area contributed by atoms with Crippen LogP contribution in [0.25, 0.3) is 0 Å². The Morgan fingerprint density at radius 2 is 1.73 bits per heavy atom. The van der Waals surface area contributed by atoms with Gasteiger partial charge in [-0.05, 0) is 12.8 Å². The van der Waals surface area contributed by atoms with Crippen molar-refractivity contribution in [1.29, 1.82) is 0 Å². The third kappa shape index (κ3) is 1.39. The SMILES string of the molecule is OCC1(CO)C[C@H](O)C[C@H]1O. The molecule has 0 saturated heterocycles. The summed E-state index contributed by atoms with van der Waals surface area (Å²) in [5.41, 5.74) is -0.876. The largest absolute Gasteiger partial charge is 0.396 e. The Hall–Kier alpha value is -0.160. The van der Waals surface area contributed by atoms with Crippen molar-refractivity contribution >= 4 is 0 Å². The third-order valence-corrected chi connectivity index (χ3v) is 2.47. The molecule has 1 aliphatic carbocycles. The van der Waals surface area contributed by atoms with E-state index in [1.54, 1.807) is 0 Å². The van der Waals surface area contributed by atoms with Gasteiger partial charge in [0, 0.05) is 5.41 Å². The highest BCUT2D eigenvalue weighted by molar-refractivity contribution is 4.95. The van der Waals surface area contributed by atoms with E-state index < -0.39 is 17.6 Å². The van der Waals surface area contributed by atoms with Gasteiger partial charge in [-0.1, -0.05) is 0 Å². The molecule has 0 unspecified atom stereocenters. The van der Waals surface area contributed by atoms with Crippen LogP contribution in [0.3, 0.4) is 0 Å². The lowest BCUT2D eigenvalue weighted by atomic mass is 9.86. The van der Waals surface area contributed by atoms with E-state index >= 15 is 0 Å². The van der Waals surface area contributed by atoms with E-state index in [0.717, 1.165) is 0 Å². The first-order valence-electron chi connectivity index (χ1n) is 3.72. The molecule has 4 nitrogen and oxygen atoms in total. The zero-order valence-electron chi connectivity index (χ0n) is 6.27. The fourth-order valence-corrected chi connectivity index (χ4v) is 1.59. The maximum atomic E-state index is 9.33. The fourth-order valence-electron chi connectivity index (χ4n) is 1.59. The van der Waals surface area contributed by atoms with Gasteiger partial charge in [0.15, 0.2) is 0 Å². The van der Waals surface area contributed by atoms with Crippen LogP contribution in [-0.4, -0.2) is 45.8 Å². The van der Waals surface area contributed by atoms with Gasteiger partial charge in [-0.25, -0.2) is 0 Å². The van der Waals surface area contributed by atoms with Crippen LogP contribution in [0, 0.1) is 5.41 Å². The van der Waals surface area contributed by atoms with E-state index in [9.17, 15) is 5.11 Å². The van der Waals surface area contributed by atoms with E-state index in [-0.39, 0.29) is 26.1 Å². The van der Waals surface area contributed by atoms with Crippen LogP contribution in [0.15, 0.2) is 0 Å². The van der Waals surface area contributed by atoms with Gasteiger partial charge in [0.05, 0.1) is 25.4 Å². The van der Waals surface area contributed by atoms with Crippen molar-refractivity contribution in [3.63, 3.8) is 0 Å². The van der Waals surface area contributed by atoms with Crippen LogP contribution < -0.4 is 0 Å². The van der Waals surface area contributed by atoms with Crippen LogP contribution in [0.1, 0.15) is 12.8 Å². The molecule has 2 atom stereocenters. The Balaban J connectivity index is 2.67. The zero-order valence-corrected chi connectivity index (χ0v) is 6.27. The molecule has 1 rings (SSSR count). The summed E-state index contributed by atoms with van der Waals surface area (Å²) in [6, 6.07) is 0. The predicted octanol–water partition coefficient (Wildman–Crippen LogP) is -1.53. The Bertz CT molecular complexity index is 132. The van der Waals surface area contributed by atoms with Crippen molar-refractivity contribution < 1.29 is 20.4 Å². The number of hydrogen-bond donors (Lipinski definition) is 4. The second-order valence-electron chi connectivity index (χ2n) is 3.29. The van der Waals surface area contributed by atoms with Gasteiger partial charge in [0.2, 0.25) is 0 Å². The highest BCUT2D eigenvalue weighted by Crippen LogP contribution is 2.37. The summed E-state index contributed by atoms with van der Waals surface area (Å²) in [5.74, 6) is 0. The minimum Gasteiger partial charge on any atom is -0.396 e. The van der Waals surface area contributed by atoms with Gasteiger partial charge >= 0.3 is 0 Å². The van der Waals surface area contributed by atoms with E-state index in [4.69, 9.17) is 15.3 Å². The smallest absolute Gasteiger partial charge is 0.0666 e. The Labute approximate surface area is 65.1 Å². The van der Waals surface area contributed by atoms with E-state index in [1.165, 1.54) is 0 Å². The van der Waals surface area contributed by atoms with Gasteiger partial charge in [-0.2, -0.15) is 0 Å². The predicted molar refractivity (Wildman–Crippen MR) is 37.9 cm³/mol. The average Bonchev–Trinajstić information content (AvgIpc) is 2.27. The fraction of sp³-hybridized carbons (Fsp3) is 1.00. The summed E-state index contributed by atoms with van der Waals surface area (Å²) in [6.07, 6.45) is -0.848. The second kappa shape index (κ2) is 3.06. The van der Waals surface area contributed by atoms with Crippen LogP contribution in [0.4, 0.5) is 0 Å². The van der Waals surface area contributed by atoms with Crippen LogP contribution in [0.2, 0.25) is 0 Å². The highest BCUT2D eigenvalue weighted by Gasteiger charge is 2.45. The summed E-state index contributed by atoms with van der Waals surface area (Å²) < 4.78 is 0. The van der Waals surface area contributed by atoms with Crippen LogP contribution >= 0.6 is 0 Å². The van der Waals surface area contributed by atoms with Crippen LogP contribution in [0.5, 0.6) is 0 Å². The first-order valence-corrected chi connectivity index (χ1v) is 3.72. The molecule has 0 spiro atoms. The molecule has 66 valence electrons. The molecule has 0 radical (unpaired) electrons. The molecule has 4 N–H and O–H groups in total. The van der Waals surface area contributed by atoms with Gasteiger partial charge in [-0.3, -0.25) is 0 Å². The first kappa shape index (κ1) is 8.93. The van der Waals surface area contributed by atoms with Gasteiger partial charge < -0.3 is 20.4 Å². The maximum absolute atomic E-state index is 9.33. The molecule has 1 aliphatic rings. The Morgan fingerprint density at radius 1 is 1.18 bits per heavy atom. The van der Waals surface area contributed by atoms with E-state index in [2.05, 4.69) is 0 Å². The summed E-state index contributed by atoms with van der Waals surface area (Å²) in [7, 11) is 0. The molecule has 4 heteroatoms. The molecular weight excluding hydrogens is 148 g/mol. The maximum Gasteiger partial charge on any atom is 0.0666 e. The van der Waals surface area contributed by atoms with Crippen LogP contribution in [-0.2, 0) is 0 Å². The molecule has 0 aromatic rings. The summed E-state index contributed by atoms with van der Waals surface area (Å²) >= 11 is 0. The lowest BCUT2D eigenvalue weighted by Gasteiger charge is -2.27. The third-order valence-electron chi connectivity index (χ3n) is 2.47. The standard InChI is InChI=1S/C7H14O4/c8-3-7(4-9)2-5(10)1-6(7)11/h5-6,8-11H,1-4H2/t5-,6-/m1/s1. The van der Waals surface area contributed by atoms with Gasteiger partial charge in [-0.15, -0.1) is 0 Å². The molecular formula is C7H14O4. The molecule has 0 heterocycles. The molecule has 11 heavy (non-hydrogen) atoms. The van der Waals surface area contributed by atoms with Gasteiger partial charge in [0.25, 0.3) is 0 Å². The summed E-state index contributed by atoms with van der Waals surface area (Å²) in [5, 5.41) is 36.2. The molecule has 0 aliphatic heterocycles. The lowest BCUT2D eigenvalue weighted by Crippen LogP contribution is -2.37. The number of rotatable bonds is 2. The minimum atomic E-state index is -0.876. The van der Waals surface area contributed by atoms with E-state index in [1.807, 2.05) is 0 Å². The van der Waals surface area contributed by atoms with Crippen molar-refractivity contribution in [2.24, 2.45) is 5.41 Å². The van der Waals surface area contributed by atoms with Crippen molar-refractivity contribution in [3.8, 4) is 0 Å². The molecule has 0 bridgehead atoms. The van der Waals surface area contributed by atoms with Crippen molar-refractivity contribution in [2.45, 2.75) is 25.0 Å². The molecule has 0 aromatic carbocycles. The van der Waals surface area contributed by atoms with Crippen molar-refractivity contribution in [3.05, 3.63) is 0 Å². The Morgan fingerprint density at radius 3 is 1.91 bits per heavy atom. The van der Waals surface area contributed by atoms with Gasteiger partial charge in [0.1, 0.15) is 0 Å². The lowest BCUT2D eigenvalue weighted by molar-refractivity contribution is -0.0322. The quantitative estimate of drug-likeness (QED) is 0.397. The summed E-state index contributed by atoms with van der Waals surface area (Å²) in [6.45, 7) is -0.552. The molecule has 0 aromatic heterocycles. The Kier molecular flexibility index (Phi) is 2.49. The van der Waals surface area contributed by atoms with Crippen molar-refractivity contribution in [2.75, 3.05) is 13.2 Å². The molecule has 1 fully saturated rings. The van der Waals surface area contributed by atoms with Crippen molar-refractivity contribution in [1.82, 2.24) is 0 Å². The average molecular weight is 162 g/mol. The molecule has 1 saturated carbocycles. The first-order chi connectivity index (χ1) is 5.14. The normalized spacial score (nSPS) is 36.0. The second-order valence-corrected chi connectivity index (χ2v) is 3.29. The molecule has 0 amide bonds.